The highest BCUT2D eigenvalue weighted by Gasteiger charge is 2.11. The first kappa shape index (κ1) is 11.2. The smallest absolute Gasteiger partial charge is 0.266 e. The van der Waals surface area contributed by atoms with Crippen molar-refractivity contribution in [1.29, 1.82) is 0 Å². The molecule has 84 valence electrons. The Balaban J connectivity index is 2.13. The van der Waals surface area contributed by atoms with Crippen molar-refractivity contribution in [2.75, 3.05) is 5.32 Å². The first-order valence-electron chi connectivity index (χ1n) is 4.79. The molecule has 2 aromatic rings. The Hall–Kier alpha value is -1.33. The second-order valence-electron chi connectivity index (χ2n) is 3.18. The normalized spacial score (nSPS) is 10.4. The van der Waals surface area contributed by atoms with Crippen molar-refractivity contribution >= 4 is 34.7 Å². The molecule has 0 bridgehead atoms. The minimum absolute atomic E-state index is 0.171. The lowest BCUT2D eigenvalue weighted by molar-refractivity contribution is 0.103. The highest BCUT2D eigenvalue weighted by molar-refractivity contribution is 7.18. The van der Waals surface area contributed by atoms with E-state index in [1.165, 1.54) is 11.3 Å². The zero-order valence-electron chi connectivity index (χ0n) is 8.58. The molecule has 16 heavy (non-hydrogen) atoms. The van der Waals surface area contributed by atoms with Gasteiger partial charge in [0.05, 0.1) is 15.4 Å². The fourth-order valence-electron chi connectivity index (χ4n) is 1.30. The van der Waals surface area contributed by atoms with Crippen LogP contribution in [-0.4, -0.2) is 16.1 Å². The molecular formula is C10H10ClN3OS. The van der Waals surface area contributed by atoms with E-state index in [4.69, 9.17) is 11.6 Å². The molecule has 2 heterocycles. The number of carbonyl (C=O) groups excluding carboxylic acids is 1. The van der Waals surface area contributed by atoms with Crippen LogP contribution in [0.2, 0.25) is 4.34 Å². The van der Waals surface area contributed by atoms with Crippen molar-refractivity contribution in [3.63, 3.8) is 0 Å². The summed E-state index contributed by atoms with van der Waals surface area (Å²) in [4.78, 5) is 12.4. The number of hydrogen-bond donors (Lipinski definition) is 2. The van der Waals surface area contributed by atoms with Gasteiger partial charge in [0.25, 0.3) is 5.91 Å². The molecule has 0 aromatic carbocycles. The Kier molecular flexibility index (Phi) is 3.26. The van der Waals surface area contributed by atoms with Gasteiger partial charge in [0.15, 0.2) is 0 Å². The third-order valence-electron chi connectivity index (χ3n) is 2.13. The van der Waals surface area contributed by atoms with E-state index in [9.17, 15) is 4.79 Å². The number of anilines is 1. The lowest BCUT2D eigenvalue weighted by Gasteiger charge is -2.02. The van der Waals surface area contributed by atoms with E-state index in [2.05, 4.69) is 15.5 Å². The van der Waals surface area contributed by atoms with Gasteiger partial charge >= 0.3 is 0 Å². The van der Waals surface area contributed by atoms with Crippen LogP contribution in [0.1, 0.15) is 22.2 Å². The summed E-state index contributed by atoms with van der Waals surface area (Å²) in [5.74, 6) is 0.480. The van der Waals surface area contributed by atoms with E-state index in [1.807, 2.05) is 6.92 Å². The van der Waals surface area contributed by atoms with Crippen molar-refractivity contribution < 1.29 is 4.79 Å². The van der Waals surface area contributed by atoms with Crippen LogP contribution >= 0.6 is 22.9 Å². The summed E-state index contributed by atoms with van der Waals surface area (Å²) in [5, 5.41) is 9.40. The highest BCUT2D eigenvalue weighted by atomic mass is 35.5. The van der Waals surface area contributed by atoms with Crippen LogP contribution in [0.5, 0.6) is 0 Å². The Morgan fingerprint density at radius 1 is 1.62 bits per heavy atom. The first-order valence-corrected chi connectivity index (χ1v) is 5.99. The van der Waals surface area contributed by atoms with Crippen LogP contribution in [-0.2, 0) is 6.42 Å². The highest BCUT2D eigenvalue weighted by Crippen LogP contribution is 2.22. The molecular weight excluding hydrogens is 246 g/mol. The standard InChI is InChI=1S/C10H10ClN3OS/c1-2-6-5-12-14-9(6)13-10(15)7-3-4-8(11)16-7/h3-5H,2H2,1H3,(H2,12,13,14,15). The molecule has 0 saturated heterocycles. The molecule has 0 aliphatic heterocycles. The molecule has 2 rings (SSSR count). The third-order valence-corrected chi connectivity index (χ3v) is 3.36. The van der Waals surface area contributed by atoms with Gasteiger partial charge in [-0.05, 0) is 18.6 Å². The predicted molar refractivity (Wildman–Crippen MR) is 65.2 cm³/mol. The number of halogens is 1. The topological polar surface area (TPSA) is 57.8 Å². The molecule has 1 amide bonds. The van der Waals surface area contributed by atoms with Gasteiger partial charge in [-0.2, -0.15) is 5.10 Å². The monoisotopic (exact) mass is 255 g/mol. The number of aromatic amines is 1. The number of nitrogens with one attached hydrogen (secondary N) is 2. The maximum absolute atomic E-state index is 11.8. The van der Waals surface area contributed by atoms with Gasteiger partial charge in [0.2, 0.25) is 0 Å². The molecule has 0 saturated carbocycles. The molecule has 0 radical (unpaired) electrons. The van der Waals surface area contributed by atoms with Crippen molar-refractivity contribution in [2.45, 2.75) is 13.3 Å². The first-order chi connectivity index (χ1) is 7.70. The van der Waals surface area contributed by atoms with Crippen molar-refractivity contribution in [3.05, 3.63) is 33.1 Å². The number of H-pyrrole nitrogens is 1. The molecule has 0 aliphatic carbocycles. The van der Waals surface area contributed by atoms with Crippen LogP contribution in [0.4, 0.5) is 5.82 Å². The zero-order chi connectivity index (χ0) is 11.5. The summed E-state index contributed by atoms with van der Waals surface area (Å²) in [5.41, 5.74) is 0.982. The van der Waals surface area contributed by atoms with E-state index < -0.39 is 0 Å². The molecule has 6 heteroatoms. The number of nitrogens with zero attached hydrogens (tertiary/aromatic N) is 1. The Morgan fingerprint density at radius 2 is 2.44 bits per heavy atom. The maximum atomic E-state index is 11.8. The summed E-state index contributed by atoms with van der Waals surface area (Å²) < 4.78 is 0.602. The minimum atomic E-state index is -0.171. The largest absolute Gasteiger partial charge is 0.306 e. The summed E-state index contributed by atoms with van der Waals surface area (Å²) in [6, 6.07) is 3.40. The number of aromatic nitrogens is 2. The van der Waals surface area contributed by atoms with Crippen LogP contribution in [0.25, 0.3) is 0 Å². The summed E-state index contributed by atoms with van der Waals surface area (Å²) in [6.07, 6.45) is 2.52. The fourth-order valence-corrected chi connectivity index (χ4v) is 2.24. The zero-order valence-corrected chi connectivity index (χ0v) is 10.2. The molecule has 0 aliphatic rings. The van der Waals surface area contributed by atoms with Crippen LogP contribution in [0.15, 0.2) is 18.3 Å². The summed E-state index contributed by atoms with van der Waals surface area (Å²) >= 11 is 7.01. The number of aryl methyl sites for hydroxylation is 1. The minimum Gasteiger partial charge on any atom is -0.306 e. The van der Waals surface area contributed by atoms with Gasteiger partial charge in [0, 0.05) is 5.56 Å². The predicted octanol–water partition coefficient (Wildman–Crippen LogP) is 2.94. The molecule has 2 N–H and O–H groups in total. The SMILES string of the molecule is CCc1cn[nH]c1NC(=O)c1ccc(Cl)s1. The average Bonchev–Trinajstić information content (AvgIpc) is 2.86. The quantitative estimate of drug-likeness (QED) is 0.886. The van der Waals surface area contributed by atoms with E-state index in [0.717, 1.165) is 12.0 Å². The van der Waals surface area contributed by atoms with Crippen LogP contribution in [0, 0.1) is 0 Å². The maximum Gasteiger partial charge on any atom is 0.266 e. The van der Waals surface area contributed by atoms with Gasteiger partial charge in [0.1, 0.15) is 5.82 Å². The Labute approximate surface area is 102 Å². The van der Waals surface area contributed by atoms with E-state index in [1.54, 1.807) is 18.3 Å². The van der Waals surface area contributed by atoms with Crippen LogP contribution < -0.4 is 5.32 Å². The van der Waals surface area contributed by atoms with E-state index in [-0.39, 0.29) is 5.91 Å². The van der Waals surface area contributed by atoms with Gasteiger partial charge in [-0.15, -0.1) is 11.3 Å². The molecule has 0 unspecified atom stereocenters. The Bertz CT molecular complexity index is 506. The van der Waals surface area contributed by atoms with Crippen molar-refractivity contribution in [3.8, 4) is 0 Å². The average molecular weight is 256 g/mol. The molecule has 0 atom stereocenters. The molecule has 0 spiro atoms. The van der Waals surface area contributed by atoms with Gasteiger partial charge < -0.3 is 5.32 Å². The fraction of sp³-hybridized carbons (Fsp3) is 0.200. The van der Waals surface area contributed by atoms with E-state index >= 15 is 0 Å². The molecule has 0 fully saturated rings. The summed E-state index contributed by atoms with van der Waals surface area (Å²) in [7, 11) is 0. The number of carbonyl (C=O) groups is 1. The summed E-state index contributed by atoms with van der Waals surface area (Å²) in [6.45, 7) is 2.00. The number of hydrogen-bond acceptors (Lipinski definition) is 3. The lowest BCUT2D eigenvalue weighted by Crippen LogP contribution is -2.11. The lowest BCUT2D eigenvalue weighted by atomic mass is 10.2. The van der Waals surface area contributed by atoms with Gasteiger partial charge in [-0.1, -0.05) is 18.5 Å². The number of rotatable bonds is 3. The third kappa shape index (κ3) is 2.25. The van der Waals surface area contributed by atoms with E-state index in [0.29, 0.717) is 15.0 Å². The van der Waals surface area contributed by atoms with Crippen LogP contribution in [0.3, 0.4) is 0 Å². The second-order valence-corrected chi connectivity index (χ2v) is 4.90. The molecule has 4 nitrogen and oxygen atoms in total. The Morgan fingerprint density at radius 3 is 3.06 bits per heavy atom. The van der Waals surface area contributed by atoms with Gasteiger partial charge in [-0.3, -0.25) is 9.89 Å². The number of amides is 1. The number of thiophene rings is 1. The second kappa shape index (κ2) is 4.67. The van der Waals surface area contributed by atoms with Crippen molar-refractivity contribution in [1.82, 2.24) is 10.2 Å². The molecule has 2 aromatic heterocycles. The van der Waals surface area contributed by atoms with Gasteiger partial charge in [-0.25, -0.2) is 0 Å². The van der Waals surface area contributed by atoms with Crippen molar-refractivity contribution in [2.24, 2.45) is 0 Å².